The van der Waals surface area contributed by atoms with Gasteiger partial charge in [-0.1, -0.05) is 127 Å². The first-order valence-electron chi connectivity index (χ1n) is 21.3. The molecule has 1 atom stereocenters. The Labute approximate surface area is 369 Å². The van der Waals surface area contributed by atoms with Gasteiger partial charge in [0.2, 0.25) is 0 Å². The van der Waals surface area contributed by atoms with Crippen LogP contribution in [0.3, 0.4) is 0 Å². The fourth-order valence-electron chi connectivity index (χ4n) is 8.16. The Balaban J connectivity index is 1.03. The van der Waals surface area contributed by atoms with E-state index >= 15 is 0 Å². The summed E-state index contributed by atoms with van der Waals surface area (Å²) >= 11 is 0. The van der Waals surface area contributed by atoms with E-state index in [1.165, 1.54) is 0 Å². The molecule has 0 fully saturated rings. The Morgan fingerprint density at radius 3 is 0.937 bits per heavy atom. The fraction of sp³-hybridized carbons (Fsp3) is 0.0351. The summed E-state index contributed by atoms with van der Waals surface area (Å²) in [5, 5.41) is 0. The summed E-state index contributed by atoms with van der Waals surface area (Å²) in [5.41, 5.74) is 11.4. The lowest BCUT2D eigenvalue weighted by molar-refractivity contribution is 0.786. The third kappa shape index (κ3) is 8.51. The molecule has 0 spiro atoms. The summed E-state index contributed by atoms with van der Waals surface area (Å²) in [6.07, 6.45) is 7.47. The predicted molar refractivity (Wildman–Crippen MR) is 261 cm³/mol. The Kier molecular flexibility index (Phi) is 11.2. The first kappa shape index (κ1) is 38.8. The molecule has 0 saturated carbocycles. The van der Waals surface area contributed by atoms with Gasteiger partial charge in [-0.25, -0.2) is 15.0 Å². The van der Waals surface area contributed by atoms with Crippen LogP contribution in [0.5, 0.6) is 0 Å². The molecular formula is C57H44N6. The van der Waals surface area contributed by atoms with E-state index in [2.05, 4.69) is 239 Å². The maximum Gasteiger partial charge on any atom is 0.164 e. The summed E-state index contributed by atoms with van der Waals surface area (Å²) in [5.74, 6) is 1.85. The van der Waals surface area contributed by atoms with Crippen LogP contribution < -0.4 is 14.7 Å². The van der Waals surface area contributed by atoms with Crippen molar-refractivity contribution in [3.8, 4) is 22.8 Å². The van der Waals surface area contributed by atoms with Gasteiger partial charge in [0.1, 0.15) is 0 Å². The van der Waals surface area contributed by atoms with Gasteiger partial charge in [-0.2, -0.15) is 0 Å². The van der Waals surface area contributed by atoms with Gasteiger partial charge in [-0.15, -0.1) is 0 Å². The lowest BCUT2D eigenvalue weighted by Gasteiger charge is -2.33. The Morgan fingerprint density at radius 1 is 0.317 bits per heavy atom. The molecule has 0 amide bonds. The maximum absolute atomic E-state index is 5.18. The van der Waals surface area contributed by atoms with Crippen LogP contribution in [0.15, 0.2) is 249 Å². The fourth-order valence-corrected chi connectivity index (χ4v) is 8.16. The van der Waals surface area contributed by atoms with Crippen LogP contribution in [0.4, 0.5) is 45.5 Å². The average Bonchev–Trinajstić information content (AvgIpc) is 3.37. The van der Waals surface area contributed by atoms with Crippen molar-refractivity contribution >= 4 is 51.1 Å². The van der Waals surface area contributed by atoms with Gasteiger partial charge < -0.3 is 14.7 Å². The van der Waals surface area contributed by atoms with Crippen molar-refractivity contribution < 1.29 is 0 Å². The van der Waals surface area contributed by atoms with Crippen LogP contribution in [0.1, 0.15) is 12.2 Å². The van der Waals surface area contributed by atoms with Crippen LogP contribution in [-0.2, 0) is 0 Å². The van der Waals surface area contributed by atoms with E-state index in [9.17, 15) is 0 Å². The molecule has 63 heavy (non-hydrogen) atoms. The van der Waals surface area contributed by atoms with Crippen LogP contribution in [0.25, 0.3) is 28.3 Å². The Hall–Kier alpha value is -8.35. The molecule has 6 nitrogen and oxygen atoms in total. The quantitative estimate of drug-likeness (QED) is 0.122. The van der Waals surface area contributed by atoms with Gasteiger partial charge in [-0.05, 0) is 128 Å². The highest BCUT2D eigenvalue weighted by molar-refractivity contribution is 5.81. The summed E-state index contributed by atoms with van der Waals surface area (Å²) in [6, 6.07) is 80.0. The first-order chi connectivity index (χ1) is 31.2. The predicted octanol–water partition coefficient (Wildman–Crippen LogP) is 14.7. The van der Waals surface area contributed by atoms with Crippen molar-refractivity contribution in [1.82, 2.24) is 15.0 Å². The third-order valence-electron chi connectivity index (χ3n) is 11.2. The molecule has 8 aromatic carbocycles. The van der Waals surface area contributed by atoms with Crippen LogP contribution >= 0.6 is 0 Å². The summed E-state index contributed by atoms with van der Waals surface area (Å²) in [7, 11) is 0. The Morgan fingerprint density at radius 2 is 0.619 bits per heavy atom. The standard InChI is InChI=1S/C57H44N6/c1-7-19-46(20-8-1)61(47-21-9-2-10-22-47)52-37-31-43(32-38-52)55-58-56(44-33-39-53(40-34-44)62(48-23-11-3-12-24-48)49-25-13-4-14-26-49)60-57(59-55)45-35-41-54(42-36-45)63(50-27-15-5-16-28-50)51-29-17-6-18-30-51/h1-41,54H,42H2. The van der Waals surface area contributed by atoms with Crippen LogP contribution in [-0.4, -0.2) is 21.0 Å². The molecule has 0 aliphatic heterocycles. The summed E-state index contributed by atoms with van der Waals surface area (Å²) in [4.78, 5) is 22.4. The second-order valence-electron chi connectivity index (χ2n) is 15.3. The number of hydrogen-bond acceptors (Lipinski definition) is 6. The molecule has 1 unspecified atom stereocenters. The topological polar surface area (TPSA) is 48.4 Å². The van der Waals surface area contributed by atoms with Gasteiger partial charge in [0.25, 0.3) is 0 Å². The smallest absolute Gasteiger partial charge is 0.164 e. The van der Waals surface area contributed by atoms with Gasteiger partial charge >= 0.3 is 0 Å². The van der Waals surface area contributed by atoms with E-state index in [-0.39, 0.29) is 6.04 Å². The van der Waals surface area contributed by atoms with Crippen molar-refractivity contribution in [3.63, 3.8) is 0 Å². The number of aromatic nitrogens is 3. The molecule has 302 valence electrons. The second-order valence-corrected chi connectivity index (χ2v) is 15.3. The molecule has 0 radical (unpaired) electrons. The van der Waals surface area contributed by atoms with Gasteiger partial charge in [-0.3, -0.25) is 0 Å². The molecule has 9 aromatic rings. The number of para-hydroxylation sites is 6. The van der Waals surface area contributed by atoms with Gasteiger partial charge in [0, 0.05) is 62.2 Å². The minimum atomic E-state index is 0.105. The number of allylic oxidation sites excluding steroid dienone is 2. The number of hydrogen-bond donors (Lipinski definition) is 0. The van der Waals surface area contributed by atoms with Gasteiger partial charge in [0.05, 0.1) is 6.04 Å². The highest BCUT2D eigenvalue weighted by Gasteiger charge is 2.23. The highest BCUT2D eigenvalue weighted by atomic mass is 15.2. The normalized spacial score (nSPS) is 13.2. The lowest BCUT2D eigenvalue weighted by Crippen LogP contribution is -2.30. The minimum Gasteiger partial charge on any atom is -0.334 e. The van der Waals surface area contributed by atoms with E-state index in [0.717, 1.165) is 68.6 Å². The van der Waals surface area contributed by atoms with E-state index < -0.39 is 0 Å². The van der Waals surface area contributed by atoms with Crippen LogP contribution in [0.2, 0.25) is 0 Å². The first-order valence-corrected chi connectivity index (χ1v) is 21.3. The van der Waals surface area contributed by atoms with Crippen molar-refractivity contribution in [2.75, 3.05) is 14.7 Å². The molecule has 0 saturated heterocycles. The minimum absolute atomic E-state index is 0.105. The van der Waals surface area contributed by atoms with E-state index in [1.807, 2.05) is 24.3 Å². The number of nitrogens with zero attached hydrogens (tertiary/aromatic N) is 6. The molecule has 1 aliphatic rings. The summed E-state index contributed by atoms with van der Waals surface area (Å²) < 4.78 is 0. The Bertz CT molecular complexity index is 2680. The lowest BCUT2D eigenvalue weighted by atomic mass is 9.99. The van der Waals surface area contributed by atoms with Crippen molar-refractivity contribution in [1.29, 1.82) is 0 Å². The van der Waals surface area contributed by atoms with Crippen molar-refractivity contribution in [2.45, 2.75) is 12.5 Å². The number of rotatable bonds is 12. The highest BCUT2D eigenvalue weighted by Crippen LogP contribution is 2.38. The zero-order chi connectivity index (χ0) is 42.2. The molecule has 1 aliphatic carbocycles. The van der Waals surface area contributed by atoms with Crippen molar-refractivity contribution in [3.05, 3.63) is 255 Å². The zero-order valence-corrected chi connectivity index (χ0v) is 34.6. The molecular weight excluding hydrogens is 769 g/mol. The monoisotopic (exact) mass is 812 g/mol. The largest absolute Gasteiger partial charge is 0.334 e. The SMILES string of the molecule is C1=CC(N(c2ccccc2)c2ccccc2)CC=C1c1nc(-c2ccc(N(c3ccccc3)c3ccccc3)cc2)nc(-c2ccc(N(c3ccccc3)c3ccccc3)cc2)n1. The van der Waals surface area contributed by atoms with Crippen molar-refractivity contribution in [2.24, 2.45) is 0 Å². The molecule has 6 heteroatoms. The van der Waals surface area contributed by atoms with E-state index in [0.29, 0.717) is 17.5 Å². The molecule has 0 bridgehead atoms. The molecule has 10 rings (SSSR count). The van der Waals surface area contributed by atoms with Gasteiger partial charge in [0.15, 0.2) is 17.5 Å². The van der Waals surface area contributed by atoms with E-state index in [1.54, 1.807) is 0 Å². The number of anilines is 8. The molecule has 0 N–H and O–H groups in total. The number of benzene rings is 8. The third-order valence-corrected chi connectivity index (χ3v) is 11.2. The summed E-state index contributed by atoms with van der Waals surface area (Å²) in [6.45, 7) is 0. The molecule has 1 aromatic heterocycles. The average molecular weight is 813 g/mol. The van der Waals surface area contributed by atoms with Crippen LogP contribution in [0, 0.1) is 0 Å². The zero-order valence-electron chi connectivity index (χ0n) is 34.6. The molecule has 1 heterocycles. The maximum atomic E-state index is 5.18. The van der Waals surface area contributed by atoms with E-state index in [4.69, 9.17) is 15.0 Å². The second kappa shape index (κ2) is 18.1.